The minimum atomic E-state index is -0.448. The number of rotatable bonds is 6. The lowest BCUT2D eigenvalue weighted by molar-refractivity contribution is 0.158. The van der Waals surface area contributed by atoms with Crippen LogP contribution in [0, 0.1) is 6.92 Å². The second-order valence-corrected chi connectivity index (χ2v) is 6.70. The summed E-state index contributed by atoms with van der Waals surface area (Å²) in [5.41, 5.74) is 5.41. The minimum Gasteiger partial charge on any atom is -0.445 e. The van der Waals surface area contributed by atoms with Crippen LogP contribution in [0.2, 0.25) is 0 Å². The minimum absolute atomic E-state index is 0.206. The quantitative estimate of drug-likeness (QED) is 0.612. The van der Waals surface area contributed by atoms with Gasteiger partial charge in [0.05, 0.1) is 5.69 Å². The number of benzene rings is 2. The number of nitrogens with zero attached hydrogens (tertiary/aromatic N) is 1. The first-order valence-corrected chi connectivity index (χ1v) is 9.17. The van der Waals surface area contributed by atoms with Crippen LogP contribution < -0.4 is 5.32 Å². The molecule has 2 aromatic carbocycles. The Balaban J connectivity index is 1.64. The molecule has 0 spiro atoms. The predicted molar refractivity (Wildman–Crippen MR) is 106 cm³/mol. The van der Waals surface area contributed by atoms with Crippen LogP contribution in [0.3, 0.4) is 0 Å². The zero-order valence-corrected chi connectivity index (χ0v) is 15.4. The fourth-order valence-corrected chi connectivity index (χ4v) is 3.22. The van der Waals surface area contributed by atoms with Crippen LogP contribution in [-0.2, 0) is 11.3 Å². The van der Waals surface area contributed by atoms with Crippen molar-refractivity contribution in [3.05, 3.63) is 77.7 Å². The second-order valence-electron chi connectivity index (χ2n) is 5.84. The highest BCUT2D eigenvalue weighted by atomic mass is 32.1. The van der Waals surface area contributed by atoms with Crippen molar-refractivity contribution in [2.75, 3.05) is 6.61 Å². The molecule has 0 fully saturated rings. The first-order valence-electron chi connectivity index (χ1n) is 8.29. The Bertz CT molecular complexity index is 883. The molecular formula is C21H20N2O2S. The maximum absolute atomic E-state index is 11.4. The Morgan fingerprint density at radius 1 is 1.15 bits per heavy atom. The van der Waals surface area contributed by atoms with Gasteiger partial charge in [0.25, 0.3) is 0 Å². The van der Waals surface area contributed by atoms with Crippen molar-refractivity contribution >= 4 is 17.4 Å². The van der Waals surface area contributed by atoms with E-state index in [2.05, 4.69) is 48.5 Å². The van der Waals surface area contributed by atoms with Gasteiger partial charge in [-0.05, 0) is 12.5 Å². The van der Waals surface area contributed by atoms with Crippen LogP contribution in [0.4, 0.5) is 4.79 Å². The summed E-state index contributed by atoms with van der Waals surface area (Å²) in [5.74, 6) is 0. The summed E-state index contributed by atoms with van der Waals surface area (Å²) in [6, 6.07) is 16.4. The van der Waals surface area contributed by atoms with Gasteiger partial charge < -0.3 is 10.1 Å². The van der Waals surface area contributed by atoms with Gasteiger partial charge >= 0.3 is 6.09 Å². The van der Waals surface area contributed by atoms with Crippen LogP contribution in [0.1, 0.15) is 11.1 Å². The fourth-order valence-electron chi connectivity index (χ4n) is 2.39. The van der Waals surface area contributed by atoms with E-state index in [4.69, 9.17) is 9.72 Å². The van der Waals surface area contributed by atoms with E-state index in [1.165, 1.54) is 11.6 Å². The molecule has 26 heavy (non-hydrogen) atoms. The molecule has 0 saturated heterocycles. The van der Waals surface area contributed by atoms with Gasteiger partial charge in [-0.3, -0.25) is 0 Å². The van der Waals surface area contributed by atoms with Gasteiger partial charge in [-0.2, -0.15) is 0 Å². The Morgan fingerprint density at radius 2 is 1.85 bits per heavy atom. The molecule has 0 bridgehead atoms. The summed E-state index contributed by atoms with van der Waals surface area (Å²) in [6.45, 7) is 6.21. The maximum Gasteiger partial charge on any atom is 0.407 e. The number of carbonyl (C=O) groups is 1. The standard InChI is InChI=1S/C21H20N2O2S/c1-3-12-25-21(24)22-13-16-6-10-18(11-7-16)20-23-19(14-26-20)17-8-4-15(2)5-9-17/h3-11,14H,1,12-13H2,2H3,(H,22,24). The highest BCUT2D eigenvalue weighted by molar-refractivity contribution is 7.13. The van der Waals surface area contributed by atoms with Crippen molar-refractivity contribution < 1.29 is 9.53 Å². The van der Waals surface area contributed by atoms with E-state index >= 15 is 0 Å². The number of carbonyl (C=O) groups excluding carboxylic acids is 1. The SMILES string of the molecule is C=CCOC(=O)NCc1ccc(-c2nc(-c3ccc(C)cc3)cs2)cc1. The molecule has 132 valence electrons. The van der Waals surface area contributed by atoms with Gasteiger partial charge in [0, 0.05) is 23.1 Å². The van der Waals surface area contributed by atoms with Gasteiger partial charge in [0.1, 0.15) is 11.6 Å². The Labute approximate surface area is 157 Å². The smallest absolute Gasteiger partial charge is 0.407 e. The van der Waals surface area contributed by atoms with Crippen LogP contribution in [0.5, 0.6) is 0 Å². The number of amides is 1. The Kier molecular flexibility index (Phi) is 5.81. The van der Waals surface area contributed by atoms with Gasteiger partial charge in [0.2, 0.25) is 0 Å². The average Bonchev–Trinajstić information content (AvgIpc) is 3.16. The lowest BCUT2D eigenvalue weighted by Gasteiger charge is -2.06. The Hall–Kier alpha value is -2.92. The lowest BCUT2D eigenvalue weighted by Crippen LogP contribution is -2.23. The second kappa shape index (κ2) is 8.45. The molecule has 0 aliphatic heterocycles. The average molecular weight is 364 g/mol. The normalized spacial score (nSPS) is 10.3. The van der Waals surface area contributed by atoms with Crippen LogP contribution in [0.15, 0.2) is 66.6 Å². The van der Waals surface area contributed by atoms with Crippen molar-refractivity contribution in [1.82, 2.24) is 10.3 Å². The first-order chi connectivity index (χ1) is 12.7. The number of hydrogen-bond acceptors (Lipinski definition) is 4. The first kappa shape index (κ1) is 17.9. The number of ether oxygens (including phenoxy) is 1. The van der Waals surface area contributed by atoms with Gasteiger partial charge in [-0.15, -0.1) is 11.3 Å². The topological polar surface area (TPSA) is 51.2 Å². The molecule has 0 unspecified atom stereocenters. The predicted octanol–water partition coefficient (Wildman–Crippen LogP) is 5.20. The summed E-state index contributed by atoms with van der Waals surface area (Å²) in [6.07, 6.45) is 1.09. The number of nitrogens with one attached hydrogen (secondary N) is 1. The molecule has 0 radical (unpaired) electrons. The van der Waals surface area contributed by atoms with E-state index in [1.807, 2.05) is 24.3 Å². The summed E-state index contributed by atoms with van der Waals surface area (Å²) < 4.78 is 4.88. The largest absolute Gasteiger partial charge is 0.445 e. The van der Waals surface area contributed by atoms with Crippen LogP contribution in [-0.4, -0.2) is 17.7 Å². The number of aryl methyl sites for hydroxylation is 1. The highest BCUT2D eigenvalue weighted by Crippen LogP contribution is 2.29. The van der Waals surface area contributed by atoms with E-state index in [0.717, 1.165) is 27.4 Å². The molecule has 1 amide bonds. The number of thiazole rings is 1. The van der Waals surface area contributed by atoms with Crippen molar-refractivity contribution in [1.29, 1.82) is 0 Å². The molecule has 0 saturated carbocycles. The zero-order valence-electron chi connectivity index (χ0n) is 14.6. The van der Waals surface area contributed by atoms with Crippen molar-refractivity contribution in [3.63, 3.8) is 0 Å². The molecule has 0 atom stereocenters. The summed E-state index contributed by atoms with van der Waals surface area (Å²) in [5, 5.41) is 5.75. The molecule has 1 aromatic heterocycles. The fraction of sp³-hybridized carbons (Fsp3) is 0.143. The van der Waals surface area contributed by atoms with Crippen LogP contribution in [0.25, 0.3) is 21.8 Å². The van der Waals surface area contributed by atoms with Gasteiger partial charge in [0.15, 0.2) is 0 Å². The highest BCUT2D eigenvalue weighted by Gasteiger charge is 2.07. The van der Waals surface area contributed by atoms with Gasteiger partial charge in [-0.25, -0.2) is 9.78 Å². The van der Waals surface area contributed by atoms with E-state index in [-0.39, 0.29) is 6.61 Å². The molecule has 0 aliphatic rings. The number of aromatic nitrogens is 1. The summed E-state index contributed by atoms with van der Waals surface area (Å²) in [4.78, 5) is 16.2. The third-order valence-corrected chi connectivity index (χ3v) is 4.71. The van der Waals surface area contributed by atoms with Crippen molar-refractivity contribution in [2.24, 2.45) is 0 Å². The van der Waals surface area contributed by atoms with E-state index < -0.39 is 6.09 Å². The van der Waals surface area contributed by atoms with E-state index in [0.29, 0.717) is 6.54 Å². The van der Waals surface area contributed by atoms with E-state index in [9.17, 15) is 4.79 Å². The molecule has 3 rings (SSSR count). The molecule has 1 heterocycles. The third-order valence-electron chi connectivity index (χ3n) is 3.82. The Morgan fingerprint density at radius 3 is 2.54 bits per heavy atom. The molecule has 4 nitrogen and oxygen atoms in total. The molecule has 1 N–H and O–H groups in total. The lowest BCUT2D eigenvalue weighted by atomic mass is 10.1. The zero-order chi connectivity index (χ0) is 18.4. The summed E-state index contributed by atoms with van der Waals surface area (Å²) in [7, 11) is 0. The van der Waals surface area contributed by atoms with E-state index in [1.54, 1.807) is 11.3 Å². The van der Waals surface area contributed by atoms with Crippen molar-refractivity contribution in [3.8, 4) is 21.8 Å². The van der Waals surface area contributed by atoms with Crippen LogP contribution >= 0.6 is 11.3 Å². The summed E-state index contributed by atoms with van der Waals surface area (Å²) >= 11 is 1.62. The molecule has 3 aromatic rings. The maximum atomic E-state index is 11.4. The third kappa shape index (κ3) is 4.58. The molecular weight excluding hydrogens is 344 g/mol. The van der Waals surface area contributed by atoms with Crippen molar-refractivity contribution in [2.45, 2.75) is 13.5 Å². The monoisotopic (exact) mass is 364 g/mol. The number of alkyl carbamates (subject to hydrolysis) is 1. The molecule has 5 heteroatoms. The number of hydrogen-bond donors (Lipinski definition) is 1. The van der Waals surface area contributed by atoms with Gasteiger partial charge in [-0.1, -0.05) is 66.7 Å². The molecule has 0 aliphatic carbocycles.